The van der Waals surface area contributed by atoms with Crippen LogP contribution in [0.1, 0.15) is 48.7 Å². The van der Waals surface area contributed by atoms with Crippen molar-refractivity contribution in [2.45, 2.75) is 45.4 Å². The molecule has 2 heterocycles. The Bertz CT molecular complexity index is 606. The lowest BCUT2D eigenvalue weighted by molar-refractivity contribution is 0.509. The first-order valence-electron chi connectivity index (χ1n) is 7.98. The second-order valence-electron chi connectivity index (χ2n) is 5.59. The van der Waals surface area contributed by atoms with Gasteiger partial charge in [0.1, 0.15) is 10.7 Å². The molecule has 1 atom stereocenters. The molecule has 4 heteroatoms. The lowest BCUT2D eigenvalue weighted by Crippen LogP contribution is -2.23. The van der Waals surface area contributed by atoms with Crippen LogP contribution in [0.2, 0.25) is 0 Å². The van der Waals surface area contributed by atoms with Crippen molar-refractivity contribution in [3.05, 3.63) is 34.5 Å². The molecule has 0 saturated carbocycles. The zero-order valence-corrected chi connectivity index (χ0v) is 13.7. The maximum atomic E-state index is 4.98. The third kappa shape index (κ3) is 3.01. The van der Waals surface area contributed by atoms with Crippen molar-refractivity contribution in [1.82, 2.24) is 15.3 Å². The van der Waals surface area contributed by atoms with Crippen LogP contribution in [0, 0.1) is 0 Å². The first-order chi connectivity index (χ1) is 10.3. The molecule has 3 rings (SSSR count). The highest BCUT2D eigenvalue weighted by molar-refractivity contribution is 7.15. The van der Waals surface area contributed by atoms with Gasteiger partial charge in [-0.25, -0.2) is 4.98 Å². The summed E-state index contributed by atoms with van der Waals surface area (Å²) in [5.41, 5.74) is 3.71. The van der Waals surface area contributed by atoms with Crippen molar-refractivity contribution in [3.8, 4) is 10.7 Å². The van der Waals surface area contributed by atoms with Crippen LogP contribution >= 0.6 is 11.3 Å². The Kier molecular flexibility index (Phi) is 4.66. The molecule has 0 amide bonds. The van der Waals surface area contributed by atoms with Crippen molar-refractivity contribution in [2.24, 2.45) is 0 Å². The fourth-order valence-electron chi connectivity index (χ4n) is 3.04. The van der Waals surface area contributed by atoms with Crippen LogP contribution in [0.3, 0.4) is 0 Å². The highest BCUT2D eigenvalue weighted by Gasteiger charge is 2.25. The zero-order valence-electron chi connectivity index (χ0n) is 12.9. The summed E-state index contributed by atoms with van der Waals surface area (Å²) in [7, 11) is 0. The molecule has 1 N–H and O–H groups in total. The van der Waals surface area contributed by atoms with E-state index in [9.17, 15) is 0 Å². The zero-order chi connectivity index (χ0) is 14.7. The number of aryl methyl sites for hydroxylation is 2. The molecule has 0 aliphatic heterocycles. The van der Waals surface area contributed by atoms with Gasteiger partial charge in [0.15, 0.2) is 0 Å². The van der Waals surface area contributed by atoms with E-state index in [1.165, 1.54) is 35.4 Å². The molecule has 1 aliphatic rings. The topological polar surface area (TPSA) is 37.8 Å². The van der Waals surface area contributed by atoms with Gasteiger partial charge >= 0.3 is 0 Å². The fraction of sp³-hybridized carbons (Fsp3) is 0.529. The van der Waals surface area contributed by atoms with E-state index in [-0.39, 0.29) is 0 Å². The van der Waals surface area contributed by atoms with E-state index < -0.39 is 0 Å². The number of fused-ring (bicyclic) bond motifs is 1. The molecule has 0 bridgehead atoms. The van der Waals surface area contributed by atoms with E-state index in [1.54, 1.807) is 0 Å². The first-order valence-corrected chi connectivity index (χ1v) is 8.79. The lowest BCUT2D eigenvalue weighted by Gasteiger charge is -2.21. The van der Waals surface area contributed by atoms with Gasteiger partial charge in [0, 0.05) is 23.5 Å². The van der Waals surface area contributed by atoms with E-state index in [1.807, 2.05) is 23.6 Å². The van der Waals surface area contributed by atoms with E-state index in [2.05, 4.69) is 30.2 Å². The Morgan fingerprint density at radius 2 is 2.29 bits per heavy atom. The van der Waals surface area contributed by atoms with Crippen LogP contribution in [-0.4, -0.2) is 23.1 Å². The molecule has 1 aliphatic carbocycles. The van der Waals surface area contributed by atoms with E-state index in [0.29, 0.717) is 5.92 Å². The number of aromatic nitrogens is 2. The van der Waals surface area contributed by atoms with Crippen LogP contribution in [0.25, 0.3) is 10.7 Å². The Morgan fingerprint density at radius 3 is 3.10 bits per heavy atom. The van der Waals surface area contributed by atoms with E-state index in [0.717, 1.165) is 30.2 Å². The minimum absolute atomic E-state index is 0.576. The monoisotopic (exact) mass is 301 g/mol. The van der Waals surface area contributed by atoms with Gasteiger partial charge in [0.25, 0.3) is 0 Å². The molecule has 21 heavy (non-hydrogen) atoms. The number of rotatable bonds is 5. The van der Waals surface area contributed by atoms with Gasteiger partial charge in [-0.3, -0.25) is 4.98 Å². The molecule has 2 aromatic rings. The standard InChI is InChI=1S/C17H23N3S/c1-3-12-8-6-10-19-16(12)17-20-15-13(11-18-4-2)7-5-9-14(15)21-17/h6,8,10,13,18H,3-5,7,9,11H2,1-2H3. The van der Waals surface area contributed by atoms with Crippen LogP contribution in [-0.2, 0) is 12.8 Å². The normalized spacial score (nSPS) is 17.7. The summed E-state index contributed by atoms with van der Waals surface area (Å²) in [6, 6.07) is 4.18. The second-order valence-corrected chi connectivity index (χ2v) is 6.67. The highest BCUT2D eigenvalue weighted by atomic mass is 32.1. The van der Waals surface area contributed by atoms with Gasteiger partial charge < -0.3 is 5.32 Å². The SMILES string of the molecule is CCNCC1CCCc2sc(-c3ncccc3CC)nc21. The molecule has 0 fully saturated rings. The fourth-order valence-corrected chi connectivity index (χ4v) is 4.26. The summed E-state index contributed by atoms with van der Waals surface area (Å²) >= 11 is 1.85. The number of pyridine rings is 1. The number of hydrogen-bond acceptors (Lipinski definition) is 4. The second kappa shape index (κ2) is 6.67. The third-order valence-electron chi connectivity index (χ3n) is 4.19. The number of nitrogens with zero attached hydrogens (tertiary/aromatic N) is 2. The first kappa shape index (κ1) is 14.7. The molecule has 3 nitrogen and oxygen atoms in total. The maximum absolute atomic E-state index is 4.98. The Balaban J connectivity index is 1.94. The molecule has 0 radical (unpaired) electrons. The quantitative estimate of drug-likeness (QED) is 0.913. The average molecular weight is 301 g/mol. The van der Waals surface area contributed by atoms with Gasteiger partial charge in [-0.2, -0.15) is 0 Å². The molecule has 0 saturated heterocycles. The van der Waals surface area contributed by atoms with E-state index in [4.69, 9.17) is 4.98 Å². The average Bonchev–Trinajstić information content (AvgIpc) is 2.97. The summed E-state index contributed by atoms with van der Waals surface area (Å²) in [4.78, 5) is 11.0. The molecule has 0 spiro atoms. The van der Waals surface area contributed by atoms with Crippen molar-refractivity contribution in [3.63, 3.8) is 0 Å². The summed E-state index contributed by atoms with van der Waals surface area (Å²) in [5.74, 6) is 0.576. The van der Waals surface area contributed by atoms with Gasteiger partial charge in [-0.05, 0) is 43.9 Å². The maximum Gasteiger partial charge on any atom is 0.142 e. The molecular formula is C17H23N3S. The Labute approximate surface area is 130 Å². The summed E-state index contributed by atoms with van der Waals surface area (Å²) < 4.78 is 0. The van der Waals surface area contributed by atoms with Crippen molar-refractivity contribution in [1.29, 1.82) is 0 Å². The summed E-state index contributed by atoms with van der Waals surface area (Å²) in [6.45, 7) is 6.43. The number of likely N-dealkylation sites (N-methyl/N-ethyl adjacent to an activating group) is 1. The number of thiazole rings is 1. The number of hydrogen-bond donors (Lipinski definition) is 1. The van der Waals surface area contributed by atoms with Crippen LogP contribution in [0.5, 0.6) is 0 Å². The van der Waals surface area contributed by atoms with Crippen LogP contribution < -0.4 is 5.32 Å². The lowest BCUT2D eigenvalue weighted by atomic mass is 9.91. The predicted molar refractivity (Wildman–Crippen MR) is 88.9 cm³/mol. The predicted octanol–water partition coefficient (Wildman–Crippen LogP) is 3.80. The minimum atomic E-state index is 0.576. The minimum Gasteiger partial charge on any atom is -0.316 e. The van der Waals surface area contributed by atoms with E-state index >= 15 is 0 Å². The van der Waals surface area contributed by atoms with Crippen LogP contribution in [0.4, 0.5) is 0 Å². The largest absolute Gasteiger partial charge is 0.316 e. The van der Waals surface area contributed by atoms with Gasteiger partial charge in [-0.1, -0.05) is 19.9 Å². The molecule has 2 aromatic heterocycles. The Morgan fingerprint density at radius 1 is 1.38 bits per heavy atom. The third-order valence-corrected chi connectivity index (χ3v) is 5.32. The summed E-state index contributed by atoms with van der Waals surface area (Å²) in [5, 5.41) is 4.59. The molecule has 0 aromatic carbocycles. The van der Waals surface area contributed by atoms with Gasteiger partial charge in [0.05, 0.1) is 5.69 Å². The molecular weight excluding hydrogens is 278 g/mol. The van der Waals surface area contributed by atoms with Gasteiger partial charge in [0.2, 0.25) is 0 Å². The van der Waals surface area contributed by atoms with Gasteiger partial charge in [-0.15, -0.1) is 11.3 Å². The van der Waals surface area contributed by atoms with Crippen molar-refractivity contribution in [2.75, 3.05) is 13.1 Å². The smallest absolute Gasteiger partial charge is 0.142 e. The molecule has 112 valence electrons. The van der Waals surface area contributed by atoms with Crippen molar-refractivity contribution >= 4 is 11.3 Å². The number of nitrogens with one attached hydrogen (secondary N) is 1. The van der Waals surface area contributed by atoms with Crippen LogP contribution in [0.15, 0.2) is 18.3 Å². The highest BCUT2D eigenvalue weighted by Crippen LogP contribution is 2.38. The molecule has 1 unspecified atom stereocenters. The van der Waals surface area contributed by atoms with Crippen molar-refractivity contribution < 1.29 is 0 Å². The Hall–Kier alpha value is -1.26. The summed E-state index contributed by atoms with van der Waals surface area (Å²) in [6.07, 6.45) is 6.61.